The van der Waals surface area contributed by atoms with Gasteiger partial charge in [-0.2, -0.15) is 0 Å². The minimum absolute atomic E-state index is 0.200. The van der Waals surface area contributed by atoms with Crippen molar-refractivity contribution in [3.8, 4) is 0 Å². The lowest BCUT2D eigenvalue weighted by Crippen LogP contribution is -2.28. The molecule has 76 valence electrons. The highest BCUT2D eigenvalue weighted by Crippen LogP contribution is 2.26. The normalized spacial score (nSPS) is 26.9. The van der Waals surface area contributed by atoms with E-state index in [0.29, 0.717) is 6.10 Å². The van der Waals surface area contributed by atoms with Crippen LogP contribution in [0.1, 0.15) is 19.4 Å². The molecule has 0 N–H and O–H groups in total. The SMILES string of the molecule is Cc1ccccc1N1CC(C)OC1C. The van der Waals surface area contributed by atoms with E-state index in [-0.39, 0.29) is 6.23 Å². The van der Waals surface area contributed by atoms with Crippen LogP contribution < -0.4 is 4.90 Å². The Morgan fingerprint density at radius 3 is 2.57 bits per heavy atom. The third-order valence-corrected chi connectivity index (χ3v) is 2.75. The van der Waals surface area contributed by atoms with Gasteiger partial charge in [0.1, 0.15) is 6.23 Å². The van der Waals surface area contributed by atoms with Gasteiger partial charge in [-0.05, 0) is 32.4 Å². The first kappa shape index (κ1) is 9.53. The minimum Gasteiger partial charge on any atom is -0.354 e. The molecule has 2 atom stereocenters. The fraction of sp³-hybridized carbons (Fsp3) is 0.500. The molecule has 1 heterocycles. The average Bonchev–Trinajstić information content (AvgIpc) is 2.46. The van der Waals surface area contributed by atoms with Crippen molar-refractivity contribution in [2.45, 2.75) is 33.1 Å². The number of benzene rings is 1. The minimum atomic E-state index is 0.200. The van der Waals surface area contributed by atoms with Crippen LogP contribution in [0.3, 0.4) is 0 Å². The molecule has 1 saturated heterocycles. The zero-order valence-electron chi connectivity index (χ0n) is 9.03. The topological polar surface area (TPSA) is 12.5 Å². The van der Waals surface area contributed by atoms with Gasteiger partial charge in [-0.15, -0.1) is 0 Å². The van der Waals surface area contributed by atoms with Gasteiger partial charge in [0, 0.05) is 12.2 Å². The summed E-state index contributed by atoms with van der Waals surface area (Å²) in [5.74, 6) is 0. The predicted octanol–water partition coefficient (Wildman–Crippen LogP) is 2.57. The zero-order valence-corrected chi connectivity index (χ0v) is 9.03. The second kappa shape index (κ2) is 3.62. The molecule has 1 fully saturated rings. The third-order valence-electron chi connectivity index (χ3n) is 2.75. The Hall–Kier alpha value is -1.02. The molecular formula is C12H17NO. The van der Waals surface area contributed by atoms with Crippen LogP contribution in [0.2, 0.25) is 0 Å². The fourth-order valence-corrected chi connectivity index (χ4v) is 2.06. The Labute approximate surface area is 85.5 Å². The zero-order chi connectivity index (χ0) is 10.1. The highest BCUT2D eigenvalue weighted by Gasteiger charge is 2.27. The Morgan fingerprint density at radius 2 is 2.00 bits per heavy atom. The van der Waals surface area contributed by atoms with E-state index in [1.165, 1.54) is 11.3 Å². The van der Waals surface area contributed by atoms with Crippen LogP contribution in [0.25, 0.3) is 0 Å². The maximum atomic E-state index is 5.71. The van der Waals surface area contributed by atoms with E-state index >= 15 is 0 Å². The molecule has 0 aliphatic carbocycles. The summed E-state index contributed by atoms with van der Waals surface area (Å²) in [7, 11) is 0. The van der Waals surface area contributed by atoms with Crippen molar-refractivity contribution in [2.24, 2.45) is 0 Å². The van der Waals surface area contributed by atoms with Gasteiger partial charge in [0.15, 0.2) is 0 Å². The molecule has 0 aromatic heterocycles. The van der Waals surface area contributed by atoms with Gasteiger partial charge < -0.3 is 9.64 Å². The highest BCUT2D eigenvalue weighted by molar-refractivity contribution is 5.53. The largest absolute Gasteiger partial charge is 0.354 e. The lowest BCUT2D eigenvalue weighted by Gasteiger charge is -2.23. The van der Waals surface area contributed by atoms with Crippen LogP contribution in [0.15, 0.2) is 24.3 Å². The van der Waals surface area contributed by atoms with Crippen molar-refractivity contribution in [2.75, 3.05) is 11.4 Å². The number of para-hydroxylation sites is 1. The molecule has 0 bridgehead atoms. The maximum absolute atomic E-state index is 5.71. The average molecular weight is 191 g/mol. The van der Waals surface area contributed by atoms with E-state index in [1.807, 2.05) is 0 Å². The summed E-state index contributed by atoms with van der Waals surface area (Å²) < 4.78 is 5.71. The molecule has 2 rings (SSSR count). The van der Waals surface area contributed by atoms with Crippen molar-refractivity contribution in [1.82, 2.24) is 0 Å². The molecule has 14 heavy (non-hydrogen) atoms. The summed E-state index contributed by atoms with van der Waals surface area (Å²) in [5, 5.41) is 0. The van der Waals surface area contributed by atoms with Gasteiger partial charge >= 0.3 is 0 Å². The van der Waals surface area contributed by atoms with Crippen molar-refractivity contribution in [3.63, 3.8) is 0 Å². The number of rotatable bonds is 1. The van der Waals surface area contributed by atoms with Gasteiger partial charge in [-0.1, -0.05) is 18.2 Å². The van der Waals surface area contributed by atoms with E-state index in [4.69, 9.17) is 4.74 Å². The molecule has 2 nitrogen and oxygen atoms in total. The molecule has 0 saturated carbocycles. The van der Waals surface area contributed by atoms with E-state index in [1.54, 1.807) is 0 Å². The Morgan fingerprint density at radius 1 is 1.29 bits per heavy atom. The molecule has 2 heteroatoms. The van der Waals surface area contributed by atoms with Gasteiger partial charge in [-0.25, -0.2) is 0 Å². The fourth-order valence-electron chi connectivity index (χ4n) is 2.06. The summed E-state index contributed by atoms with van der Waals surface area (Å²) in [6.45, 7) is 7.36. The van der Waals surface area contributed by atoms with E-state index in [0.717, 1.165) is 6.54 Å². The smallest absolute Gasteiger partial charge is 0.127 e. The lowest BCUT2D eigenvalue weighted by atomic mass is 10.2. The summed E-state index contributed by atoms with van der Waals surface area (Å²) in [6, 6.07) is 8.46. The van der Waals surface area contributed by atoms with Crippen molar-refractivity contribution in [3.05, 3.63) is 29.8 Å². The number of hydrogen-bond acceptors (Lipinski definition) is 2. The van der Waals surface area contributed by atoms with Crippen molar-refractivity contribution < 1.29 is 4.74 Å². The molecule has 1 aromatic rings. The molecule has 1 aromatic carbocycles. The second-order valence-electron chi connectivity index (χ2n) is 3.98. The van der Waals surface area contributed by atoms with Gasteiger partial charge in [-0.3, -0.25) is 0 Å². The number of ether oxygens (including phenoxy) is 1. The van der Waals surface area contributed by atoms with E-state index in [9.17, 15) is 0 Å². The quantitative estimate of drug-likeness (QED) is 0.676. The first-order valence-corrected chi connectivity index (χ1v) is 5.16. The second-order valence-corrected chi connectivity index (χ2v) is 3.98. The van der Waals surface area contributed by atoms with E-state index < -0.39 is 0 Å². The standard InChI is InChI=1S/C12H17NO/c1-9-6-4-5-7-12(9)13-8-10(2)14-11(13)3/h4-7,10-11H,8H2,1-3H3. The van der Waals surface area contributed by atoms with Crippen LogP contribution in [-0.2, 0) is 4.74 Å². The van der Waals surface area contributed by atoms with Gasteiger partial charge in [0.25, 0.3) is 0 Å². The number of anilines is 1. The van der Waals surface area contributed by atoms with Gasteiger partial charge in [0.2, 0.25) is 0 Å². The molecule has 0 spiro atoms. The van der Waals surface area contributed by atoms with Crippen LogP contribution in [0, 0.1) is 6.92 Å². The van der Waals surface area contributed by atoms with Crippen LogP contribution in [0.4, 0.5) is 5.69 Å². The van der Waals surface area contributed by atoms with Crippen molar-refractivity contribution >= 4 is 5.69 Å². The van der Waals surface area contributed by atoms with Gasteiger partial charge in [0.05, 0.1) is 6.10 Å². The molecular weight excluding hydrogens is 174 g/mol. The predicted molar refractivity (Wildman–Crippen MR) is 58.5 cm³/mol. The highest BCUT2D eigenvalue weighted by atomic mass is 16.5. The van der Waals surface area contributed by atoms with Crippen molar-refractivity contribution in [1.29, 1.82) is 0 Å². The molecule has 0 amide bonds. The van der Waals surface area contributed by atoms with Crippen LogP contribution in [-0.4, -0.2) is 18.9 Å². The Kier molecular flexibility index (Phi) is 2.46. The van der Waals surface area contributed by atoms with Crippen LogP contribution >= 0.6 is 0 Å². The Balaban J connectivity index is 2.27. The molecule has 1 aliphatic heterocycles. The van der Waals surface area contributed by atoms with Crippen LogP contribution in [0.5, 0.6) is 0 Å². The number of hydrogen-bond donors (Lipinski definition) is 0. The molecule has 2 unspecified atom stereocenters. The third kappa shape index (κ3) is 1.62. The summed E-state index contributed by atoms with van der Waals surface area (Å²) in [6.07, 6.45) is 0.538. The maximum Gasteiger partial charge on any atom is 0.127 e. The molecule has 0 radical (unpaired) electrons. The number of nitrogens with zero attached hydrogens (tertiary/aromatic N) is 1. The lowest BCUT2D eigenvalue weighted by molar-refractivity contribution is 0.0706. The Bertz CT molecular complexity index is 324. The monoisotopic (exact) mass is 191 g/mol. The number of aryl methyl sites for hydroxylation is 1. The summed E-state index contributed by atoms with van der Waals surface area (Å²) in [4.78, 5) is 2.32. The summed E-state index contributed by atoms with van der Waals surface area (Å²) in [5.41, 5.74) is 2.61. The molecule has 1 aliphatic rings. The first-order valence-electron chi connectivity index (χ1n) is 5.16. The first-order chi connectivity index (χ1) is 6.68. The van der Waals surface area contributed by atoms with E-state index in [2.05, 4.69) is 49.9 Å². The summed E-state index contributed by atoms with van der Waals surface area (Å²) >= 11 is 0.